The number of hydrogen-bond acceptors (Lipinski definition) is 9. The predicted molar refractivity (Wildman–Crippen MR) is 177 cm³/mol. The number of hydrogen-bond donors (Lipinski definition) is 3. The van der Waals surface area contributed by atoms with Gasteiger partial charge in [-0.1, -0.05) is 30.7 Å². The predicted octanol–water partition coefficient (Wildman–Crippen LogP) is 3.58. The van der Waals surface area contributed by atoms with Crippen molar-refractivity contribution in [3.63, 3.8) is 0 Å². The number of ketones is 1. The van der Waals surface area contributed by atoms with Crippen LogP contribution in [0.25, 0.3) is 11.1 Å². The normalized spacial score (nSPS) is 20.1. The van der Waals surface area contributed by atoms with E-state index in [-0.39, 0.29) is 43.9 Å². The molecule has 2 aliphatic rings. The van der Waals surface area contributed by atoms with Gasteiger partial charge < -0.3 is 24.7 Å². The summed E-state index contributed by atoms with van der Waals surface area (Å²) < 4.78 is 52.6. The van der Waals surface area contributed by atoms with Crippen molar-refractivity contribution >= 4 is 50.3 Å². The molecule has 1 aromatic heterocycles. The Hall–Kier alpha value is -3.43. The number of ether oxygens (including phenoxy) is 1. The van der Waals surface area contributed by atoms with E-state index in [4.69, 9.17) is 20.8 Å². The number of fused-ring (bicyclic) bond motifs is 1. The molecule has 4 atom stereocenters. The van der Waals surface area contributed by atoms with Gasteiger partial charge in [-0.15, -0.1) is 0 Å². The summed E-state index contributed by atoms with van der Waals surface area (Å²) >= 11 is 6.01. The molecule has 48 heavy (non-hydrogen) atoms. The lowest BCUT2D eigenvalue weighted by molar-refractivity contribution is -0.140. The molecule has 0 saturated carbocycles. The topological polar surface area (TPSA) is 160 Å². The summed E-state index contributed by atoms with van der Waals surface area (Å²) in [5.74, 6) is -2.21. The molecule has 2 amide bonds. The highest BCUT2D eigenvalue weighted by Gasteiger charge is 2.43. The van der Waals surface area contributed by atoms with Crippen LogP contribution in [-0.2, 0) is 31.0 Å². The highest BCUT2D eigenvalue weighted by atomic mass is 35.5. The van der Waals surface area contributed by atoms with E-state index in [2.05, 4.69) is 20.3 Å². The number of sulfonamides is 1. The van der Waals surface area contributed by atoms with Crippen LogP contribution >= 0.6 is 11.6 Å². The van der Waals surface area contributed by atoms with E-state index >= 15 is 0 Å². The number of carbonyl (C=O) groups is 3. The summed E-state index contributed by atoms with van der Waals surface area (Å²) in [4.78, 5) is 46.9. The quantitative estimate of drug-likeness (QED) is 0.213. The van der Waals surface area contributed by atoms with Crippen molar-refractivity contribution in [3.05, 3.63) is 64.8 Å². The Morgan fingerprint density at radius 2 is 1.88 bits per heavy atom. The molecule has 0 aliphatic carbocycles. The standard InChI is InChI=1S/C33H41ClFN5O7S/c1-3-25(30(41)32-38-26-11-9-23(35)16-29(26)47-32)37-31(42)28-17-24(46-19-21-4-7-22(34)8-5-21)18-40(28)33(43)27(39-48(2,44)45)10-6-20-12-14-36-15-13-20/h4-5,7-9,11,16,20,24-25,27-28,36,39H,3,6,10,12-15,17-19H2,1-2H3,(H,37,42)/t24-,25+,27-,28+/m1/s1. The average Bonchev–Trinajstić information content (AvgIpc) is 3.69. The van der Waals surface area contributed by atoms with Gasteiger partial charge in [0.2, 0.25) is 27.6 Å². The van der Waals surface area contributed by atoms with Gasteiger partial charge in [-0.3, -0.25) is 14.4 Å². The smallest absolute Gasteiger partial charge is 0.266 e. The highest BCUT2D eigenvalue weighted by Crippen LogP contribution is 2.26. The van der Waals surface area contributed by atoms with E-state index in [9.17, 15) is 27.2 Å². The first-order valence-electron chi connectivity index (χ1n) is 16.2. The Balaban J connectivity index is 1.34. The number of nitrogens with zero attached hydrogens (tertiary/aromatic N) is 2. The van der Waals surface area contributed by atoms with Crippen molar-refractivity contribution in [1.29, 1.82) is 0 Å². The SMILES string of the molecule is CC[C@H](NC(=O)[C@@H]1C[C@@H](OCc2ccc(Cl)cc2)CN1C(=O)[C@@H](CCC1CCNCC1)NS(C)(=O)=O)C(=O)c1nc2ccc(F)cc2o1. The number of rotatable bonds is 14. The fraction of sp³-hybridized carbons (Fsp3) is 0.515. The molecule has 12 nitrogen and oxygen atoms in total. The Kier molecular flexibility index (Phi) is 11.8. The number of benzene rings is 2. The zero-order chi connectivity index (χ0) is 34.4. The first-order chi connectivity index (χ1) is 22.9. The van der Waals surface area contributed by atoms with E-state index in [1.165, 1.54) is 17.0 Å². The first-order valence-corrected chi connectivity index (χ1v) is 18.4. The Bertz CT molecular complexity index is 1710. The number of carbonyl (C=O) groups excluding carboxylic acids is 3. The largest absolute Gasteiger partial charge is 0.434 e. The van der Waals surface area contributed by atoms with Crippen LogP contribution in [0.15, 0.2) is 46.9 Å². The van der Waals surface area contributed by atoms with Crippen molar-refractivity contribution in [3.8, 4) is 0 Å². The third kappa shape index (κ3) is 9.38. The average molecular weight is 706 g/mol. The number of piperidine rings is 1. The second-order valence-corrected chi connectivity index (χ2v) is 14.7. The van der Waals surface area contributed by atoms with Gasteiger partial charge in [-0.2, -0.15) is 0 Å². The molecule has 260 valence electrons. The summed E-state index contributed by atoms with van der Waals surface area (Å²) in [7, 11) is -3.77. The Morgan fingerprint density at radius 1 is 1.15 bits per heavy atom. The number of likely N-dealkylation sites (tertiary alicyclic amines) is 1. The van der Waals surface area contributed by atoms with Gasteiger partial charge in [0.25, 0.3) is 5.89 Å². The molecule has 3 heterocycles. The van der Waals surface area contributed by atoms with Crippen LogP contribution in [0.4, 0.5) is 4.39 Å². The van der Waals surface area contributed by atoms with E-state index in [1.807, 2.05) is 12.1 Å². The van der Waals surface area contributed by atoms with Gasteiger partial charge in [0.15, 0.2) is 5.58 Å². The third-order valence-electron chi connectivity index (χ3n) is 8.83. The molecule has 15 heteroatoms. The maximum absolute atomic E-state index is 14.1. The minimum Gasteiger partial charge on any atom is -0.434 e. The Labute approximate surface area is 284 Å². The summed E-state index contributed by atoms with van der Waals surface area (Å²) in [6.07, 6.45) is 3.52. The minimum absolute atomic E-state index is 0.0429. The molecule has 5 rings (SSSR count). The number of oxazole rings is 1. The molecule has 2 fully saturated rings. The number of amides is 2. The van der Waals surface area contributed by atoms with Gasteiger partial charge in [-0.05, 0) is 80.9 Å². The molecule has 2 aromatic carbocycles. The van der Waals surface area contributed by atoms with Gasteiger partial charge in [0.05, 0.1) is 25.0 Å². The first kappa shape index (κ1) is 35.9. The molecule has 2 saturated heterocycles. The van der Waals surface area contributed by atoms with Crippen molar-refractivity contribution in [2.24, 2.45) is 5.92 Å². The van der Waals surface area contributed by atoms with E-state index in [0.29, 0.717) is 22.9 Å². The van der Waals surface area contributed by atoms with Crippen LogP contribution in [0.1, 0.15) is 61.7 Å². The van der Waals surface area contributed by atoms with E-state index in [1.54, 1.807) is 19.1 Å². The summed E-state index contributed by atoms with van der Waals surface area (Å²) in [6, 6.07) is 7.64. The van der Waals surface area contributed by atoms with Crippen molar-refractivity contribution in [1.82, 2.24) is 25.2 Å². The van der Waals surface area contributed by atoms with Crippen LogP contribution in [0.2, 0.25) is 5.02 Å². The fourth-order valence-electron chi connectivity index (χ4n) is 6.24. The number of nitrogens with one attached hydrogen (secondary N) is 3. The molecule has 0 bridgehead atoms. The highest BCUT2D eigenvalue weighted by molar-refractivity contribution is 7.88. The number of halogens is 2. The van der Waals surface area contributed by atoms with Crippen molar-refractivity contribution < 1.29 is 36.3 Å². The molecular formula is C33H41ClFN5O7S. The second-order valence-electron chi connectivity index (χ2n) is 12.5. The molecule has 3 N–H and O–H groups in total. The molecule has 0 unspecified atom stereocenters. The molecule has 3 aromatic rings. The van der Waals surface area contributed by atoms with Crippen LogP contribution < -0.4 is 15.4 Å². The van der Waals surface area contributed by atoms with Crippen LogP contribution in [0.3, 0.4) is 0 Å². The fourth-order valence-corrected chi connectivity index (χ4v) is 7.10. The van der Waals surface area contributed by atoms with Crippen molar-refractivity contribution in [2.45, 2.75) is 76.3 Å². The van der Waals surface area contributed by atoms with Gasteiger partial charge in [0.1, 0.15) is 23.4 Å². The summed E-state index contributed by atoms with van der Waals surface area (Å²) in [5.41, 5.74) is 1.24. The van der Waals surface area contributed by atoms with Crippen molar-refractivity contribution in [2.75, 3.05) is 25.9 Å². The lowest BCUT2D eigenvalue weighted by atomic mass is 9.91. The molecule has 2 aliphatic heterocycles. The minimum atomic E-state index is -3.77. The summed E-state index contributed by atoms with van der Waals surface area (Å²) in [5, 5.41) is 6.63. The summed E-state index contributed by atoms with van der Waals surface area (Å²) in [6.45, 7) is 3.67. The van der Waals surface area contributed by atoms with Gasteiger partial charge in [-0.25, -0.2) is 22.5 Å². The maximum Gasteiger partial charge on any atom is 0.266 e. The van der Waals surface area contributed by atoms with Gasteiger partial charge >= 0.3 is 0 Å². The van der Waals surface area contributed by atoms with Crippen LogP contribution in [0.5, 0.6) is 0 Å². The number of aromatic nitrogens is 1. The lowest BCUT2D eigenvalue weighted by Gasteiger charge is -2.30. The lowest BCUT2D eigenvalue weighted by Crippen LogP contribution is -2.55. The van der Waals surface area contributed by atoms with Gasteiger partial charge in [0, 0.05) is 24.1 Å². The van der Waals surface area contributed by atoms with E-state index < -0.39 is 57.7 Å². The maximum atomic E-state index is 14.1. The second kappa shape index (κ2) is 15.9. The molecule has 0 radical (unpaired) electrons. The third-order valence-corrected chi connectivity index (χ3v) is 9.79. The van der Waals surface area contributed by atoms with Crippen LogP contribution in [-0.4, -0.2) is 86.0 Å². The monoisotopic (exact) mass is 705 g/mol. The Morgan fingerprint density at radius 3 is 2.56 bits per heavy atom. The zero-order valence-electron chi connectivity index (χ0n) is 26.9. The molecule has 0 spiro atoms. The van der Waals surface area contributed by atoms with E-state index in [0.717, 1.165) is 43.8 Å². The zero-order valence-corrected chi connectivity index (χ0v) is 28.5. The number of Topliss-reactive ketones (excluding diaryl/α,β-unsaturated/α-hetero) is 1. The van der Waals surface area contributed by atoms with Crippen LogP contribution in [0, 0.1) is 11.7 Å². The molecular weight excluding hydrogens is 665 g/mol.